The van der Waals surface area contributed by atoms with Crippen molar-refractivity contribution in [1.29, 1.82) is 0 Å². The molecule has 3 heteroatoms. The van der Waals surface area contributed by atoms with Crippen LogP contribution in [0.15, 0.2) is 83.5 Å². The van der Waals surface area contributed by atoms with Crippen molar-refractivity contribution in [3.8, 4) is 0 Å². The van der Waals surface area contributed by atoms with Gasteiger partial charge in [0, 0.05) is 18.3 Å². The van der Waals surface area contributed by atoms with E-state index >= 15 is 0 Å². The molecule has 2 atom stereocenters. The van der Waals surface area contributed by atoms with Gasteiger partial charge >= 0.3 is 0 Å². The molecule has 3 nitrogen and oxygen atoms in total. The fraction of sp³-hybridized carbons (Fsp3) is 0.415. The summed E-state index contributed by atoms with van der Waals surface area (Å²) in [4.78, 5) is 17.1. The van der Waals surface area contributed by atoms with Gasteiger partial charge in [0.25, 0.3) is 0 Å². The molecule has 0 saturated carbocycles. The van der Waals surface area contributed by atoms with E-state index in [1.165, 1.54) is 46.9 Å². The number of aryl methyl sites for hydroxylation is 4. The van der Waals surface area contributed by atoms with Gasteiger partial charge in [-0.05, 0) is 134 Å². The second-order valence-corrected chi connectivity index (χ2v) is 12.4. The van der Waals surface area contributed by atoms with Gasteiger partial charge in [-0.2, -0.15) is 0 Å². The third kappa shape index (κ3) is 10.6. The van der Waals surface area contributed by atoms with E-state index in [1.54, 1.807) is 13.0 Å². The molecule has 0 spiro atoms. The van der Waals surface area contributed by atoms with Crippen LogP contribution in [0.1, 0.15) is 112 Å². The minimum atomic E-state index is 0.0591. The number of nitrogens with two attached hydrogens (primary N) is 1. The van der Waals surface area contributed by atoms with Crippen molar-refractivity contribution in [3.63, 3.8) is 0 Å². The number of ketones is 1. The number of rotatable bonds is 6. The number of allylic oxidation sites excluding steroid dienone is 2. The van der Waals surface area contributed by atoms with Crippen LogP contribution in [0.2, 0.25) is 0 Å². The van der Waals surface area contributed by atoms with Crippen molar-refractivity contribution in [3.05, 3.63) is 123 Å². The molecule has 236 valence electrons. The monoisotopic (exact) mass is 592 g/mol. The number of hydrogen-bond acceptors (Lipinski definition) is 3. The maximum atomic E-state index is 12.4. The Hall–Kier alpha value is -3.56. The van der Waals surface area contributed by atoms with E-state index in [4.69, 9.17) is 4.99 Å². The molecule has 1 aliphatic carbocycles. The lowest BCUT2D eigenvalue weighted by atomic mass is 9.82. The number of fused-ring (bicyclic) bond motifs is 6. The molecule has 1 aliphatic rings. The average molecular weight is 593 g/mol. The second kappa shape index (κ2) is 18.3. The Morgan fingerprint density at radius 3 is 2.14 bits per heavy atom. The van der Waals surface area contributed by atoms with Crippen LogP contribution in [0.5, 0.6) is 0 Å². The molecular formula is C41H56N2O. The van der Waals surface area contributed by atoms with Gasteiger partial charge in [0.2, 0.25) is 0 Å². The highest BCUT2D eigenvalue weighted by molar-refractivity contribution is 5.99. The minimum absolute atomic E-state index is 0.0591. The number of aliphatic imine (C=N–C) groups is 1. The van der Waals surface area contributed by atoms with Crippen molar-refractivity contribution in [2.75, 3.05) is 7.05 Å². The van der Waals surface area contributed by atoms with Gasteiger partial charge in [0.1, 0.15) is 0 Å². The Bertz CT molecular complexity index is 1460. The normalized spacial score (nSPS) is 16.1. The molecule has 2 unspecified atom stereocenters. The fourth-order valence-electron chi connectivity index (χ4n) is 5.15. The maximum Gasteiger partial charge on any atom is 0.153 e. The molecule has 3 aromatic carbocycles. The first-order valence-electron chi connectivity index (χ1n) is 16.3. The first-order valence-corrected chi connectivity index (χ1v) is 16.3. The van der Waals surface area contributed by atoms with E-state index in [0.29, 0.717) is 5.92 Å². The Balaban J connectivity index is 0.000000876. The molecule has 0 amide bonds. The zero-order chi connectivity index (χ0) is 32.8. The van der Waals surface area contributed by atoms with E-state index in [-0.39, 0.29) is 11.7 Å². The zero-order valence-corrected chi connectivity index (χ0v) is 29.0. The molecule has 3 aromatic rings. The lowest BCUT2D eigenvalue weighted by Gasteiger charge is -2.22. The SMILES string of the molecule is CCC(C)C.CCC(C)C=N/C=C(\C)C1c2ccc(C)c(c2)CCc2cccc(c2)/C(=C/C(C)=O)c2cc1ccc2C.CN. The standard InChI is InChI=1S/C35H39NO.C5H12.CH5N/c1-7-23(2)21-36-22-26(5)35-31-14-11-24(3)29(19-31)16-13-28-9-8-10-30(18-28)34(17-27(6)37)33-20-32(35)15-12-25(33)4;1-4-5(2)3;1-2/h8-12,14-15,17-23,35H,7,13,16H2,1-6H3;5H,4H2,1-3H3;2H2,1H3/b26-22+,34-17-,36-21?;;. The molecule has 0 saturated heterocycles. The number of benzene rings is 3. The summed E-state index contributed by atoms with van der Waals surface area (Å²) in [7, 11) is 1.50. The summed E-state index contributed by atoms with van der Waals surface area (Å²) in [6.45, 7) is 19.2. The number of nitrogens with zero attached hydrogens (tertiary/aromatic N) is 1. The van der Waals surface area contributed by atoms with Gasteiger partial charge in [0.15, 0.2) is 5.78 Å². The molecule has 2 N–H and O–H groups in total. The Morgan fingerprint density at radius 1 is 0.886 bits per heavy atom. The van der Waals surface area contributed by atoms with Crippen molar-refractivity contribution in [2.24, 2.45) is 22.6 Å². The highest BCUT2D eigenvalue weighted by Gasteiger charge is 2.21. The van der Waals surface area contributed by atoms with E-state index < -0.39 is 0 Å². The summed E-state index contributed by atoms with van der Waals surface area (Å²) in [5, 5.41) is 0. The van der Waals surface area contributed by atoms with Crippen LogP contribution in [-0.4, -0.2) is 19.0 Å². The molecule has 4 rings (SSSR count). The van der Waals surface area contributed by atoms with Gasteiger partial charge in [-0.3, -0.25) is 9.79 Å². The lowest BCUT2D eigenvalue weighted by Crippen LogP contribution is -2.06. The summed E-state index contributed by atoms with van der Waals surface area (Å²) < 4.78 is 0. The largest absolute Gasteiger partial charge is 0.333 e. The predicted octanol–water partition coefficient (Wildman–Crippen LogP) is 10.2. The van der Waals surface area contributed by atoms with Gasteiger partial charge in [-0.15, -0.1) is 0 Å². The molecule has 44 heavy (non-hydrogen) atoms. The summed E-state index contributed by atoms with van der Waals surface area (Å²) in [6, 6.07) is 22.3. The van der Waals surface area contributed by atoms with E-state index in [9.17, 15) is 4.79 Å². The zero-order valence-electron chi connectivity index (χ0n) is 29.0. The summed E-state index contributed by atoms with van der Waals surface area (Å²) in [5.74, 6) is 1.48. The van der Waals surface area contributed by atoms with Crippen LogP contribution in [0, 0.1) is 25.7 Å². The second-order valence-electron chi connectivity index (χ2n) is 12.4. The van der Waals surface area contributed by atoms with E-state index in [0.717, 1.165) is 47.4 Å². The van der Waals surface area contributed by atoms with Crippen molar-refractivity contribution < 1.29 is 4.79 Å². The Labute approximate surface area is 268 Å². The van der Waals surface area contributed by atoms with Crippen LogP contribution in [0.25, 0.3) is 5.57 Å². The molecule has 0 aliphatic heterocycles. The quantitative estimate of drug-likeness (QED) is 0.229. The third-order valence-electron chi connectivity index (χ3n) is 8.39. The predicted molar refractivity (Wildman–Crippen MR) is 193 cm³/mol. The van der Waals surface area contributed by atoms with Crippen LogP contribution >= 0.6 is 0 Å². The van der Waals surface area contributed by atoms with E-state index in [1.807, 2.05) is 12.4 Å². The summed E-state index contributed by atoms with van der Waals surface area (Å²) >= 11 is 0. The smallest absolute Gasteiger partial charge is 0.153 e. The molecule has 0 radical (unpaired) electrons. The maximum absolute atomic E-state index is 12.4. The van der Waals surface area contributed by atoms with Crippen molar-refractivity contribution in [2.45, 2.75) is 93.9 Å². The Kier molecular flexibility index (Phi) is 15.2. The van der Waals surface area contributed by atoms with Gasteiger partial charge < -0.3 is 5.73 Å². The van der Waals surface area contributed by atoms with Crippen molar-refractivity contribution in [1.82, 2.24) is 0 Å². The summed E-state index contributed by atoms with van der Waals surface area (Å²) in [6.07, 6.45) is 10.2. The van der Waals surface area contributed by atoms with Gasteiger partial charge in [-0.25, -0.2) is 0 Å². The highest BCUT2D eigenvalue weighted by Crippen LogP contribution is 2.37. The van der Waals surface area contributed by atoms with Crippen LogP contribution < -0.4 is 5.73 Å². The van der Waals surface area contributed by atoms with Crippen LogP contribution in [-0.2, 0) is 17.6 Å². The first-order chi connectivity index (χ1) is 21.0. The molecule has 6 bridgehead atoms. The summed E-state index contributed by atoms with van der Waals surface area (Å²) in [5.41, 5.74) is 16.6. The van der Waals surface area contributed by atoms with Gasteiger partial charge in [-0.1, -0.05) is 95.6 Å². The van der Waals surface area contributed by atoms with Crippen LogP contribution in [0.4, 0.5) is 0 Å². The van der Waals surface area contributed by atoms with Gasteiger partial charge in [0.05, 0.1) is 0 Å². The van der Waals surface area contributed by atoms with Crippen LogP contribution in [0.3, 0.4) is 0 Å². The van der Waals surface area contributed by atoms with E-state index in [2.05, 4.69) is 122 Å². The topological polar surface area (TPSA) is 55.5 Å². The van der Waals surface area contributed by atoms with Crippen molar-refractivity contribution >= 4 is 17.6 Å². The highest BCUT2D eigenvalue weighted by atomic mass is 16.1. The third-order valence-corrected chi connectivity index (χ3v) is 8.39. The number of carbonyl (C=O) groups excluding carboxylic acids is 1. The first kappa shape index (κ1) is 36.6. The number of hydrogen-bond donors (Lipinski definition) is 1. The number of carbonyl (C=O) groups is 1. The lowest BCUT2D eigenvalue weighted by molar-refractivity contribution is -0.112. The average Bonchev–Trinajstić information content (AvgIpc) is 3.02. The minimum Gasteiger partial charge on any atom is -0.333 e. The fourth-order valence-corrected chi connectivity index (χ4v) is 5.15. The molecule has 0 fully saturated rings. The molecular weight excluding hydrogens is 536 g/mol. The molecule has 0 aromatic heterocycles. The Morgan fingerprint density at radius 2 is 1.52 bits per heavy atom. The molecule has 0 heterocycles.